The Kier molecular flexibility index (Phi) is 6.74. The molecule has 0 aliphatic carbocycles. The maximum atomic E-state index is 12.8. The molecule has 0 saturated carbocycles. The second kappa shape index (κ2) is 9.86. The molecule has 0 spiro atoms. The molecule has 10 heteroatoms. The fourth-order valence-electron chi connectivity index (χ4n) is 4.21. The van der Waals surface area contributed by atoms with Gasteiger partial charge in [-0.25, -0.2) is 9.97 Å². The Morgan fingerprint density at radius 3 is 2.73 bits per heavy atom. The Bertz CT molecular complexity index is 1110. The molecule has 1 fully saturated rings. The van der Waals surface area contributed by atoms with Gasteiger partial charge >= 0.3 is 0 Å². The molecule has 33 heavy (non-hydrogen) atoms. The standard InChI is InChI=1S/C23H28N6O4/c1-25-23(31)20(14-5-7-26-8-6-14)17-9-19(33-21(17)22(24)30)18-4-3-16(10-27-18)32-12-15-11-29(2)13-28-15/h3-4,9-11,13-14,20,26H,5-8,12H2,1-2H3,(H2,24,30)(H,25,31)/t20-/m0/s1. The van der Waals surface area contributed by atoms with Crippen molar-refractivity contribution >= 4 is 11.8 Å². The third-order valence-electron chi connectivity index (χ3n) is 5.84. The maximum Gasteiger partial charge on any atom is 0.284 e. The number of aryl methyl sites for hydroxylation is 1. The first kappa shape index (κ1) is 22.5. The largest absolute Gasteiger partial charge is 0.486 e. The average Bonchev–Trinajstić information content (AvgIpc) is 3.45. The van der Waals surface area contributed by atoms with Crippen LogP contribution in [0.1, 0.15) is 40.6 Å². The van der Waals surface area contributed by atoms with Gasteiger partial charge in [-0.15, -0.1) is 0 Å². The monoisotopic (exact) mass is 452 g/mol. The van der Waals surface area contributed by atoms with E-state index in [0.717, 1.165) is 31.6 Å². The van der Waals surface area contributed by atoms with E-state index in [9.17, 15) is 9.59 Å². The highest BCUT2D eigenvalue weighted by Crippen LogP contribution is 2.37. The van der Waals surface area contributed by atoms with Crippen molar-refractivity contribution in [2.45, 2.75) is 25.4 Å². The molecule has 4 heterocycles. The molecule has 0 aromatic carbocycles. The van der Waals surface area contributed by atoms with E-state index < -0.39 is 11.8 Å². The lowest BCUT2D eigenvalue weighted by atomic mass is 9.79. The van der Waals surface area contributed by atoms with Crippen molar-refractivity contribution in [2.24, 2.45) is 18.7 Å². The van der Waals surface area contributed by atoms with Gasteiger partial charge in [-0.2, -0.15) is 0 Å². The van der Waals surface area contributed by atoms with Gasteiger partial charge in [0.25, 0.3) is 5.91 Å². The number of ether oxygens (including phenoxy) is 1. The van der Waals surface area contributed by atoms with Gasteiger partial charge in [0.1, 0.15) is 18.1 Å². The first-order valence-electron chi connectivity index (χ1n) is 10.9. The molecule has 1 saturated heterocycles. The van der Waals surface area contributed by atoms with Crippen LogP contribution in [0.3, 0.4) is 0 Å². The molecule has 4 rings (SSSR count). The molecular formula is C23H28N6O4. The summed E-state index contributed by atoms with van der Waals surface area (Å²) in [5.74, 6) is -0.392. The van der Waals surface area contributed by atoms with Gasteiger partial charge in [0.05, 0.1) is 24.1 Å². The highest BCUT2D eigenvalue weighted by atomic mass is 16.5. The normalized spacial score (nSPS) is 15.2. The smallest absolute Gasteiger partial charge is 0.284 e. The Labute approximate surface area is 191 Å². The number of piperidine rings is 1. The summed E-state index contributed by atoms with van der Waals surface area (Å²) in [5.41, 5.74) is 7.43. The van der Waals surface area contributed by atoms with E-state index in [4.69, 9.17) is 14.9 Å². The number of primary amides is 1. The minimum Gasteiger partial charge on any atom is -0.486 e. The van der Waals surface area contributed by atoms with Crippen LogP contribution in [0.5, 0.6) is 5.75 Å². The molecule has 3 aromatic rings. The minimum atomic E-state index is -0.714. The number of hydrogen-bond donors (Lipinski definition) is 3. The van der Waals surface area contributed by atoms with Crippen LogP contribution >= 0.6 is 0 Å². The SMILES string of the molecule is CNC(=O)[C@H](c1cc(-c2ccc(OCc3cn(C)cn3)cn2)oc1C(N)=O)C1CCNCC1. The lowest BCUT2D eigenvalue weighted by Crippen LogP contribution is -2.37. The zero-order chi connectivity index (χ0) is 23.4. The van der Waals surface area contributed by atoms with Crippen molar-refractivity contribution in [1.82, 2.24) is 25.2 Å². The number of nitrogens with one attached hydrogen (secondary N) is 2. The molecule has 1 aliphatic rings. The number of imidazole rings is 1. The summed E-state index contributed by atoms with van der Waals surface area (Å²) in [5, 5.41) is 6.02. The van der Waals surface area contributed by atoms with Gasteiger partial charge in [0.2, 0.25) is 5.91 Å². The van der Waals surface area contributed by atoms with Crippen molar-refractivity contribution < 1.29 is 18.7 Å². The summed E-state index contributed by atoms with van der Waals surface area (Å²) in [4.78, 5) is 33.6. The topological polar surface area (TPSA) is 137 Å². The van der Waals surface area contributed by atoms with Crippen LogP contribution in [0.15, 0.2) is 41.3 Å². The lowest BCUT2D eigenvalue weighted by Gasteiger charge is -2.29. The van der Waals surface area contributed by atoms with E-state index in [1.54, 1.807) is 37.8 Å². The van der Waals surface area contributed by atoms with Gasteiger partial charge in [0, 0.05) is 25.9 Å². The van der Waals surface area contributed by atoms with Crippen LogP contribution in [0.25, 0.3) is 11.5 Å². The van der Waals surface area contributed by atoms with Crippen LogP contribution in [0.2, 0.25) is 0 Å². The van der Waals surface area contributed by atoms with Crippen molar-refractivity contribution in [1.29, 1.82) is 0 Å². The number of carbonyl (C=O) groups excluding carboxylic acids is 2. The fraction of sp³-hybridized carbons (Fsp3) is 0.391. The van der Waals surface area contributed by atoms with Gasteiger partial charge in [-0.3, -0.25) is 9.59 Å². The summed E-state index contributed by atoms with van der Waals surface area (Å²) < 4.78 is 13.4. The second-order valence-corrected chi connectivity index (χ2v) is 8.14. The summed E-state index contributed by atoms with van der Waals surface area (Å²) in [6.45, 7) is 1.95. The third kappa shape index (κ3) is 5.06. The molecule has 0 unspecified atom stereocenters. The second-order valence-electron chi connectivity index (χ2n) is 8.14. The highest BCUT2D eigenvalue weighted by molar-refractivity contribution is 5.95. The van der Waals surface area contributed by atoms with E-state index in [-0.39, 0.29) is 17.6 Å². The van der Waals surface area contributed by atoms with Crippen molar-refractivity contribution in [2.75, 3.05) is 20.1 Å². The summed E-state index contributed by atoms with van der Waals surface area (Å²) in [6.07, 6.45) is 6.80. The first-order chi connectivity index (χ1) is 16.0. The number of furan rings is 1. The molecule has 2 amide bonds. The predicted octanol–water partition coefficient (Wildman–Crippen LogP) is 1.58. The Morgan fingerprint density at radius 2 is 2.12 bits per heavy atom. The van der Waals surface area contributed by atoms with Crippen LogP contribution in [0, 0.1) is 5.92 Å². The molecule has 0 bridgehead atoms. The number of carbonyl (C=O) groups is 2. The van der Waals surface area contributed by atoms with Gasteiger partial charge < -0.3 is 30.1 Å². The van der Waals surface area contributed by atoms with Crippen LogP contribution in [0.4, 0.5) is 0 Å². The predicted molar refractivity (Wildman–Crippen MR) is 120 cm³/mol. The van der Waals surface area contributed by atoms with Crippen LogP contribution in [-0.2, 0) is 18.4 Å². The molecule has 0 radical (unpaired) electrons. The van der Waals surface area contributed by atoms with E-state index in [0.29, 0.717) is 29.4 Å². The van der Waals surface area contributed by atoms with Gasteiger partial charge in [-0.1, -0.05) is 0 Å². The minimum absolute atomic E-state index is 0.00517. The average molecular weight is 453 g/mol. The summed E-state index contributed by atoms with van der Waals surface area (Å²) in [7, 11) is 3.48. The molecule has 4 N–H and O–H groups in total. The Hall–Kier alpha value is -3.66. The fourth-order valence-corrected chi connectivity index (χ4v) is 4.21. The van der Waals surface area contributed by atoms with E-state index in [2.05, 4.69) is 20.6 Å². The summed E-state index contributed by atoms with van der Waals surface area (Å²) >= 11 is 0. The number of nitrogens with two attached hydrogens (primary N) is 1. The van der Waals surface area contributed by atoms with E-state index in [1.165, 1.54) is 0 Å². The van der Waals surface area contributed by atoms with Gasteiger partial charge in [0.15, 0.2) is 11.5 Å². The molecule has 1 atom stereocenters. The molecule has 10 nitrogen and oxygen atoms in total. The van der Waals surface area contributed by atoms with Crippen LogP contribution < -0.4 is 21.1 Å². The van der Waals surface area contributed by atoms with Crippen molar-refractivity contribution in [3.63, 3.8) is 0 Å². The van der Waals surface area contributed by atoms with Crippen molar-refractivity contribution in [3.05, 3.63) is 53.9 Å². The highest BCUT2D eigenvalue weighted by Gasteiger charge is 2.35. The van der Waals surface area contributed by atoms with E-state index >= 15 is 0 Å². The number of rotatable bonds is 8. The maximum absolute atomic E-state index is 12.8. The molecule has 174 valence electrons. The van der Waals surface area contributed by atoms with Crippen LogP contribution in [-0.4, -0.2) is 46.5 Å². The van der Waals surface area contributed by atoms with Gasteiger partial charge in [-0.05, 0) is 50.0 Å². The Morgan fingerprint density at radius 1 is 1.33 bits per heavy atom. The molecule has 3 aromatic heterocycles. The third-order valence-corrected chi connectivity index (χ3v) is 5.84. The number of nitrogens with zero attached hydrogens (tertiary/aromatic N) is 3. The number of amides is 2. The zero-order valence-electron chi connectivity index (χ0n) is 18.7. The van der Waals surface area contributed by atoms with E-state index in [1.807, 2.05) is 17.8 Å². The molecular weight excluding hydrogens is 424 g/mol. The number of pyridine rings is 1. The van der Waals surface area contributed by atoms with Crippen molar-refractivity contribution in [3.8, 4) is 17.2 Å². The summed E-state index contributed by atoms with van der Waals surface area (Å²) in [6, 6.07) is 5.21. The Balaban J connectivity index is 1.58. The first-order valence-corrected chi connectivity index (χ1v) is 10.9. The number of aromatic nitrogens is 3. The number of likely N-dealkylation sites (N-methyl/N-ethyl adjacent to an activating group) is 1. The lowest BCUT2D eigenvalue weighted by molar-refractivity contribution is -0.123. The zero-order valence-corrected chi connectivity index (χ0v) is 18.7. The quantitative estimate of drug-likeness (QED) is 0.472. The number of hydrogen-bond acceptors (Lipinski definition) is 7. The molecule has 1 aliphatic heterocycles.